The summed E-state index contributed by atoms with van der Waals surface area (Å²) in [6.07, 6.45) is 2.85. The number of carbonyl (C=O) groups excluding carboxylic acids is 1. The zero-order chi connectivity index (χ0) is 13.8. The summed E-state index contributed by atoms with van der Waals surface area (Å²) in [5.41, 5.74) is 5.48. The average Bonchev–Trinajstić information content (AvgIpc) is 2.40. The van der Waals surface area contributed by atoms with Gasteiger partial charge in [-0.2, -0.15) is 0 Å². The quantitative estimate of drug-likeness (QED) is 0.815. The molecule has 2 atom stereocenters. The molecule has 0 aromatic heterocycles. The summed E-state index contributed by atoms with van der Waals surface area (Å²) in [7, 11) is 0. The molecular weight excluding hydrogens is 228 g/mol. The van der Waals surface area contributed by atoms with Crippen molar-refractivity contribution in [3.8, 4) is 0 Å². The second kappa shape index (κ2) is 6.53. The highest BCUT2D eigenvalue weighted by Gasteiger charge is 2.39. The SMILES string of the molecule is CCC1CN(C(=O)C(CC)(CC)CN)CC(C)O1. The number of rotatable bonds is 5. The smallest absolute Gasteiger partial charge is 0.230 e. The van der Waals surface area contributed by atoms with Gasteiger partial charge in [0.25, 0.3) is 0 Å². The van der Waals surface area contributed by atoms with Gasteiger partial charge in [0, 0.05) is 19.6 Å². The van der Waals surface area contributed by atoms with Crippen LogP contribution in [0.1, 0.15) is 47.0 Å². The van der Waals surface area contributed by atoms with Crippen molar-refractivity contribution in [2.75, 3.05) is 19.6 Å². The van der Waals surface area contributed by atoms with Crippen LogP contribution in [0.25, 0.3) is 0 Å². The number of hydrogen-bond donors (Lipinski definition) is 1. The van der Waals surface area contributed by atoms with Crippen molar-refractivity contribution in [2.24, 2.45) is 11.1 Å². The van der Waals surface area contributed by atoms with Gasteiger partial charge in [0.05, 0.1) is 17.6 Å². The van der Waals surface area contributed by atoms with Gasteiger partial charge >= 0.3 is 0 Å². The topological polar surface area (TPSA) is 55.6 Å². The van der Waals surface area contributed by atoms with E-state index >= 15 is 0 Å². The molecule has 0 aromatic carbocycles. The number of morpholine rings is 1. The molecule has 0 aromatic rings. The van der Waals surface area contributed by atoms with Gasteiger partial charge in [0.15, 0.2) is 0 Å². The van der Waals surface area contributed by atoms with Crippen LogP contribution in [0.3, 0.4) is 0 Å². The van der Waals surface area contributed by atoms with E-state index in [9.17, 15) is 4.79 Å². The first kappa shape index (κ1) is 15.4. The van der Waals surface area contributed by atoms with Crippen LogP contribution < -0.4 is 5.73 Å². The lowest BCUT2D eigenvalue weighted by Gasteiger charge is -2.41. The maximum Gasteiger partial charge on any atom is 0.230 e. The van der Waals surface area contributed by atoms with Crippen molar-refractivity contribution in [2.45, 2.75) is 59.2 Å². The standard InChI is InChI=1S/C14H28N2O2/c1-5-12-9-16(8-11(4)18-12)13(17)14(6-2,7-3)10-15/h11-12H,5-10,15H2,1-4H3. The Labute approximate surface area is 111 Å². The van der Waals surface area contributed by atoms with Gasteiger partial charge in [-0.05, 0) is 26.2 Å². The minimum atomic E-state index is -0.380. The van der Waals surface area contributed by atoms with E-state index in [1.807, 2.05) is 11.8 Å². The summed E-state index contributed by atoms with van der Waals surface area (Å²) in [4.78, 5) is 14.7. The van der Waals surface area contributed by atoms with Gasteiger partial charge in [0.2, 0.25) is 5.91 Å². The highest BCUT2D eigenvalue weighted by Crippen LogP contribution is 2.29. The molecule has 1 aliphatic rings. The molecule has 1 fully saturated rings. The Morgan fingerprint density at radius 3 is 2.39 bits per heavy atom. The lowest BCUT2D eigenvalue weighted by molar-refractivity contribution is -0.155. The van der Waals surface area contributed by atoms with Crippen molar-refractivity contribution < 1.29 is 9.53 Å². The Morgan fingerprint density at radius 2 is 1.94 bits per heavy atom. The molecule has 0 radical (unpaired) electrons. The van der Waals surface area contributed by atoms with Crippen LogP contribution in [0.4, 0.5) is 0 Å². The van der Waals surface area contributed by atoms with E-state index in [0.29, 0.717) is 19.6 Å². The molecule has 1 aliphatic heterocycles. The molecule has 1 saturated heterocycles. The average molecular weight is 256 g/mol. The van der Waals surface area contributed by atoms with E-state index < -0.39 is 0 Å². The van der Waals surface area contributed by atoms with Crippen LogP contribution in [0, 0.1) is 5.41 Å². The fourth-order valence-electron chi connectivity index (χ4n) is 2.70. The number of nitrogens with two attached hydrogens (primary N) is 1. The van der Waals surface area contributed by atoms with E-state index in [2.05, 4.69) is 20.8 Å². The molecule has 4 nitrogen and oxygen atoms in total. The van der Waals surface area contributed by atoms with Crippen LogP contribution in [0.2, 0.25) is 0 Å². The third-order valence-electron chi connectivity index (χ3n) is 4.27. The highest BCUT2D eigenvalue weighted by molar-refractivity contribution is 5.83. The third-order valence-corrected chi connectivity index (χ3v) is 4.27. The Morgan fingerprint density at radius 1 is 1.33 bits per heavy atom. The molecule has 18 heavy (non-hydrogen) atoms. The fraction of sp³-hybridized carbons (Fsp3) is 0.929. The van der Waals surface area contributed by atoms with Gasteiger partial charge in [-0.25, -0.2) is 0 Å². The van der Waals surface area contributed by atoms with Crippen LogP contribution >= 0.6 is 0 Å². The molecule has 1 rings (SSSR count). The van der Waals surface area contributed by atoms with Crippen LogP contribution in [-0.2, 0) is 9.53 Å². The van der Waals surface area contributed by atoms with Crippen molar-refractivity contribution in [3.05, 3.63) is 0 Å². The summed E-state index contributed by atoms with van der Waals surface area (Å²) in [5.74, 6) is 0.212. The first-order valence-electron chi connectivity index (χ1n) is 7.17. The molecule has 0 bridgehead atoms. The van der Waals surface area contributed by atoms with Crippen LogP contribution in [0.5, 0.6) is 0 Å². The second-order valence-electron chi connectivity index (χ2n) is 5.38. The maximum atomic E-state index is 12.7. The highest BCUT2D eigenvalue weighted by atomic mass is 16.5. The first-order chi connectivity index (χ1) is 8.52. The molecule has 1 amide bonds. The van der Waals surface area contributed by atoms with Crippen molar-refractivity contribution >= 4 is 5.91 Å². The number of carbonyl (C=O) groups is 1. The van der Waals surface area contributed by atoms with E-state index in [1.54, 1.807) is 0 Å². The van der Waals surface area contributed by atoms with Gasteiger partial charge < -0.3 is 15.4 Å². The van der Waals surface area contributed by atoms with Gasteiger partial charge in [0.1, 0.15) is 0 Å². The third kappa shape index (κ3) is 3.04. The molecule has 0 saturated carbocycles. The predicted octanol–water partition coefficient (Wildman–Crippen LogP) is 1.78. The lowest BCUT2D eigenvalue weighted by Crippen LogP contribution is -2.55. The largest absolute Gasteiger partial charge is 0.372 e. The molecule has 106 valence electrons. The Kier molecular flexibility index (Phi) is 5.60. The van der Waals surface area contributed by atoms with E-state index in [0.717, 1.165) is 19.3 Å². The van der Waals surface area contributed by atoms with Gasteiger partial charge in [-0.15, -0.1) is 0 Å². The minimum absolute atomic E-state index is 0.122. The normalized spacial score (nSPS) is 25.3. The number of amides is 1. The molecule has 1 heterocycles. The monoisotopic (exact) mass is 256 g/mol. The van der Waals surface area contributed by atoms with Crippen LogP contribution in [0.15, 0.2) is 0 Å². The summed E-state index contributed by atoms with van der Waals surface area (Å²) in [5, 5.41) is 0. The fourth-order valence-corrected chi connectivity index (χ4v) is 2.70. The molecule has 4 heteroatoms. The van der Waals surface area contributed by atoms with Crippen LogP contribution in [-0.4, -0.2) is 42.6 Å². The maximum absolute atomic E-state index is 12.7. The van der Waals surface area contributed by atoms with E-state index in [4.69, 9.17) is 10.5 Å². The first-order valence-corrected chi connectivity index (χ1v) is 7.17. The number of nitrogens with zero attached hydrogens (tertiary/aromatic N) is 1. The number of hydrogen-bond acceptors (Lipinski definition) is 3. The molecule has 2 N–H and O–H groups in total. The Hall–Kier alpha value is -0.610. The zero-order valence-electron chi connectivity index (χ0n) is 12.2. The predicted molar refractivity (Wildman–Crippen MR) is 73.3 cm³/mol. The van der Waals surface area contributed by atoms with Gasteiger partial charge in [-0.3, -0.25) is 4.79 Å². The van der Waals surface area contributed by atoms with Gasteiger partial charge in [-0.1, -0.05) is 20.8 Å². The van der Waals surface area contributed by atoms with E-state index in [-0.39, 0.29) is 23.5 Å². The zero-order valence-corrected chi connectivity index (χ0v) is 12.2. The molecular formula is C14H28N2O2. The van der Waals surface area contributed by atoms with E-state index in [1.165, 1.54) is 0 Å². The Balaban J connectivity index is 2.81. The minimum Gasteiger partial charge on any atom is -0.372 e. The van der Waals surface area contributed by atoms with Crippen molar-refractivity contribution in [1.29, 1.82) is 0 Å². The summed E-state index contributed by atoms with van der Waals surface area (Å²) in [6, 6.07) is 0. The number of ether oxygens (including phenoxy) is 1. The molecule has 0 aliphatic carbocycles. The summed E-state index contributed by atoms with van der Waals surface area (Å²) in [6.45, 7) is 10.1. The summed E-state index contributed by atoms with van der Waals surface area (Å²) < 4.78 is 5.80. The second-order valence-corrected chi connectivity index (χ2v) is 5.38. The molecule has 2 unspecified atom stereocenters. The van der Waals surface area contributed by atoms with Crippen molar-refractivity contribution in [3.63, 3.8) is 0 Å². The lowest BCUT2D eigenvalue weighted by atomic mass is 9.80. The summed E-state index contributed by atoms with van der Waals surface area (Å²) >= 11 is 0. The Bertz CT molecular complexity index is 269. The van der Waals surface area contributed by atoms with Crippen molar-refractivity contribution in [1.82, 2.24) is 4.90 Å². The molecule has 0 spiro atoms.